The molecule has 6 heteroatoms. The minimum atomic E-state index is -1.36. The second kappa shape index (κ2) is 6.81. The molecule has 0 aromatic heterocycles. The third kappa shape index (κ3) is 4.06. The van der Waals surface area contributed by atoms with Gasteiger partial charge in [-0.25, -0.2) is 4.79 Å². The van der Waals surface area contributed by atoms with Crippen LogP contribution in [0, 0.1) is 0 Å². The molecule has 0 radical (unpaired) electrons. The number of carboxylic acid groups (broad SMARTS) is 1. The number of nitrogens with one attached hydrogen (secondary N) is 1. The highest BCUT2D eigenvalue weighted by molar-refractivity contribution is 5.89. The van der Waals surface area contributed by atoms with Crippen LogP contribution in [-0.4, -0.2) is 41.8 Å². The van der Waals surface area contributed by atoms with Crippen LogP contribution in [0.15, 0.2) is 24.3 Å². The smallest absolute Gasteiger partial charge is 0.331 e. The van der Waals surface area contributed by atoms with Crippen molar-refractivity contribution in [3.05, 3.63) is 29.8 Å². The number of benzene rings is 1. The molecule has 1 aliphatic rings. The molecule has 0 bridgehead atoms. The molecule has 1 aromatic carbocycles. The minimum Gasteiger partial charge on any atom is -0.481 e. The van der Waals surface area contributed by atoms with Gasteiger partial charge in [0.1, 0.15) is 5.75 Å². The topological polar surface area (TPSA) is 84.9 Å². The van der Waals surface area contributed by atoms with Gasteiger partial charge in [-0.05, 0) is 30.0 Å². The Hall–Kier alpha value is -2.08. The van der Waals surface area contributed by atoms with E-state index in [1.165, 1.54) is 5.56 Å². The molecule has 1 aliphatic heterocycles. The largest absolute Gasteiger partial charge is 0.481 e. The lowest BCUT2D eigenvalue weighted by Crippen LogP contribution is -2.57. The van der Waals surface area contributed by atoms with Crippen LogP contribution in [0.5, 0.6) is 5.75 Å². The highest BCUT2D eigenvalue weighted by Crippen LogP contribution is 2.25. The summed E-state index contributed by atoms with van der Waals surface area (Å²) in [4.78, 5) is 23.7. The van der Waals surface area contributed by atoms with E-state index in [9.17, 15) is 14.7 Å². The number of aliphatic carboxylic acids is 1. The van der Waals surface area contributed by atoms with Gasteiger partial charge in [0.25, 0.3) is 5.91 Å². The van der Waals surface area contributed by atoms with Gasteiger partial charge in [-0.15, -0.1) is 0 Å². The average molecular weight is 335 g/mol. The summed E-state index contributed by atoms with van der Waals surface area (Å²) in [6, 6.07) is 7.55. The quantitative estimate of drug-likeness (QED) is 0.861. The molecule has 1 aromatic rings. The molecule has 1 saturated heterocycles. The summed E-state index contributed by atoms with van der Waals surface area (Å²) >= 11 is 0. The molecule has 1 fully saturated rings. The Morgan fingerprint density at radius 1 is 1.29 bits per heavy atom. The number of hydrogen-bond donors (Lipinski definition) is 2. The van der Waals surface area contributed by atoms with Gasteiger partial charge in [0.05, 0.1) is 6.61 Å². The third-order valence-electron chi connectivity index (χ3n) is 4.20. The van der Waals surface area contributed by atoms with Crippen molar-refractivity contribution in [1.29, 1.82) is 0 Å². The Bertz CT molecular complexity index is 597. The highest BCUT2D eigenvalue weighted by Gasteiger charge is 2.44. The summed E-state index contributed by atoms with van der Waals surface area (Å²) in [6.45, 7) is 8.24. The monoisotopic (exact) mass is 335 g/mol. The van der Waals surface area contributed by atoms with Gasteiger partial charge in [0.15, 0.2) is 11.6 Å². The van der Waals surface area contributed by atoms with Crippen molar-refractivity contribution >= 4 is 11.9 Å². The van der Waals surface area contributed by atoms with Crippen LogP contribution in [0.2, 0.25) is 0 Å². The van der Waals surface area contributed by atoms with E-state index in [0.717, 1.165) is 0 Å². The number of hydrogen-bond acceptors (Lipinski definition) is 4. The minimum absolute atomic E-state index is 0.0267. The molecule has 0 saturated carbocycles. The fourth-order valence-corrected chi connectivity index (χ4v) is 2.51. The fraction of sp³-hybridized carbons (Fsp3) is 0.556. The van der Waals surface area contributed by atoms with Crippen molar-refractivity contribution < 1.29 is 24.2 Å². The van der Waals surface area contributed by atoms with E-state index in [2.05, 4.69) is 26.1 Å². The molecule has 2 unspecified atom stereocenters. The number of amides is 1. The van der Waals surface area contributed by atoms with Gasteiger partial charge >= 0.3 is 5.97 Å². The summed E-state index contributed by atoms with van der Waals surface area (Å²) in [5.74, 6) is -0.990. The summed E-state index contributed by atoms with van der Waals surface area (Å²) < 4.78 is 10.8. The van der Waals surface area contributed by atoms with Crippen molar-refractivity contribution in [3.63, 3.8) is 0 Å². The van der Waals surface area contributed by atoms with Crippen molar-refractivity contribution in [2.75, 3.05) is 13.2 Å². The number of carboxylic acids is 1. The number of carbonyl (C=O) groups is 2. The van der Waals surface area contributed by atoms with E-state index in [1.807, 2.05) is 24.3 Å². The Labute approximate surface area is 142 Å². The van der Waals surface area contributed by atoms with Crippen LogP contribution in [0.25, 0.3) is 0 Å². The lowest BCUT2D eigenvalue weighted by Gasteiger charge is -2.26. The highest BCUT2D eigenvalue weighted by atomic mass is 16.5. The lowest BCUT2D eigenvalue weighted by molar-refractivity contribution is -0.148. The molecule has 2 atom stereocenters. The van der Waals surface area contributed by atoms with Gasteiger partial charge in [-0.2, -0.15) is 0 Å². The molecule has 2 rings (SSSR count). The molecule has 0 aliphatic carbocycles. The van der Waals surface area contributed by atoms with Crippen LogP contribution in [0.3, 0.4) is 0 Å². The molecule has 24 heavy (non-hydrogen) atoms. The normalized spacial score (nSPS) is 22.0. The first-order valence-electron chi connectivity index (χ1n) is 8.04. The maximum absolute atomic E-state index is 12.3. The average Bonchev–Trinajstić information content (AvgIpc) is 2.96. The van der Waals surface area contributed by atoms with Crippen LogP contribution in [0.1, 0.15) is 39.7 Å². The van der Waals surface area contributed by atoms with Gasteiger partial charge in [-0.3, -0.25) is 4.79 Å². The zero-order valence-corrected chi connectivity index (χ0v) is 14.6. The van der Waals surface area contributed by atoms with Crippen LogP contribution >= 0.6 is 0 Å². The number of ether oxygens (including phenoxy) is 2. The van der Waals surface area contributed by atoms with Crippen LogP contribution < -0.4 is 10.1 Å². The summed E-state index contributed by atoms with van der Waals surface area (Å²) in [7, 11) is 0. The zero-order valence-electron chi connectivity index (χ0n) is 14.6. The molecular formula is C18H25NO5. The Balaban J connectivity index is 2.00. The SMILES string of the molecule is CC(Oc1ccc(C(C)(C)C)cc1)C(=O)NC1(C(=O)O)CCOC1. The van der Waals surface area contributed by atoms with Crippen LogP contribution in [-0.2, 0) is 19.7 Å². The molecule has 2 N–H and O–H groups in total. The van der Waals surface area contributed by atoms with E-state index in [4.69, 9.17) is 9.47 Å². The first kappa shape index (κ1) is 18.3. The summed E-state index contributed by atoms with van der Waals surface area (Å²) in [5.41, 5.74) is -0.150. The van der Waals surface area contributed by atoms with E-state index >= 15 is 0 Å². The predicted octanol–water partition coefficient (Wildman–Crippen LogP) is 2.11. The second-order valence-electron chi connectivity index (χ2n) is 7.21. The number of rotatable bonds is 5. The van der Waals surface area contributed by atoms with Crippen molar-refractivity contribution in [2.24, 2.45) is 0 Å². The zero-order chi connectivity index (χ0) is 18.0. The molecule has 1 amide bonds. The lowest BCUT2D eigenvalue weighted by atomic mass is 9.87. The van der Waals surface area contributed by atoms with Gasteiger partial charge in [0, 0.05) is 13.0 Å². The van der Waals surface area contributed by atoms with Crippen molar-refractivity contribution in [1.82, 2.24) is 5.32 Å². The van der Waals surface area contributed by atoms with Gasteiger partial charge in [-0.1, -0.05) is 32.9 Å². The molecule has 1 heterocycles. The standard InChI is InChI=1S/C18H25NO5/c1-12(15(20)19-18(16(21)22)9-10-23-11-18)24-14-7-5-13(6-8-14)17(2,3)4/h5-8,12H,9-11H2,1-4H3,(H,19,20)(H,21,22). The maximum atomic E-state index is 12.3. The van der Waals surface area contributed by atoms with Crippen LogP contribution in [0.4, 0.5) is 0 Å². The first-order chi connectivity index (χ1) is 11.1. The van der Waals surface area contributed by atoms with E-state index in [0.29, 0.717) is 12.4 Å². The molecule has 132 valence electrons. The maximum Gasteiger partial charge on any atom is 0.331 e. The second-order valence-corrected chi connectivity index (χ2v) is 7.21. The molecular weight excluding hydrogens is 310 g/mol. The number of carbonyl (C=O) groups excluding carboxylic acids is 1. The van der Waals surface area contributed by atoms with E-state index in [1.54, 1.807) is 6.92 Å². The van der Waals surface area contributed by atoms with Gasteiger partial charge in [0.2, 0.25) is 0 Å². The summed E-state index contributed by atoms with van der Waals surface area (Å²) in [5, 5.41) is 11.9. The molecule has 6 nitrogen and oxygen atoms in total. The fourth-order valence-electron chi connectivity index (χ4n) is 2.51. The summed E-state index contributed by atoms with van der Waals surface area (Å²) in [6.07, 6.45) is -0.552. The Kier molecular flexibility index (Phi) is 5.18. The van der Waals surface area contributed by atoms with Crippen molar-refractivity contribution in [3.8, 4) is 5.75 Å². The Morgan fingerprint density at radius 3 is 2.38 bits per heavy atom. The molecule has 0 spiro atoms. The van der Waals surface area contributed by atoms with E-state index in [-0.39, 0.29) is 18.4 Å². The van der Waals surface area contributed by atoms with Crippen molar-refractivity contribution in [2.45, 2.75) is 51.2 Å². The third-order valence-corrected chi connectivity index (χ3v) is 4.20. The van der Waals surface area contributed by atoms with E-state index < -0.39 is 23.5 Å². The predicted molar refractivity (Wildman–Crippen MR) is 89.2 cm³/mol. The Morgan fingerprint density at radius 2 is 1.92 bits per heavy atom. The first-order valence-corrected chi connectivity index (χ1v) is 8.04. The van der Waals surface area contributed by atoms with Gasteiger partial charge < -0.3 is 19.9 Å².